The van der Waals surface area contributed by atoms with Crippen LogP contribution in [0.3, 0.4) is 0 Å². The van der Waals surface area contributed by atoms with Crippen molar-refractivity contribution in [3.63, 3.8) is 0 Å². The number of fused-ring (bicyclic) bond motifs is 1. The van der Waals surface area contributed by atoms with E-state index in [9.17, 15) is 23.5 Å². The van der Waals surface area contributed by atoms with Gasteiger partial charge in [-0.15, -0.1) is 5.10 Å². The number of nitrogens with zero attached hydrogens (tertiary/aromatic N) is 4. The number of likely N-dealkylation sites (tertiary alicyclic amines) is 1. The Balaban J connectivity index is 1.35. The summed E-state index contributed by atoms with van der Waals surface area (Å²) in [6.07, 6.45) is 2.68. The van der Waals surface area contributed by atoms with Crippen LogP contribution in [0.5, 0.6) is 11.6 Å². The van der Waals surface area contributed by atoms with Crippen molar-refractivity contribution >= 4 is 23.3 Å². The Labute approximate surface area is 253 Å². The molecule has 2 aromatic carbocycles. The molecule has 44 heavy (non-hydrogen) atoms. The average Bonchev–Trinajstić information content (AvgIpc) is 3.64. The SMILES string of the molecule is Cc1cc(-c2cnc3c(NCC4CN(C(=O)O)C4C(C)(C)C)cc(Oc4cccc(F)c4F)nn23)ccc1C(=O)NC1CC1. The molecule has 2 amide bonds. The molecular weight excluding hydrogens is 570 g/mol. The number of carbonyl (C=O) groups is 2. The first-order valence-electron chi connectivity index (χ1n) is 14.6. The van der Waals surface area contributed by atoms with Gasteiger partial charge in [0.15, 0.2) is 17.2 Å². The summed E-state index contributed by atoms with van der Waals surface area (Å²) in [5, 5.41) is 20.6. The maximum atomic E-state index is 14.5. The number of aryl methyl sites for hydroxylation is 1. The molecule has 230 valence electrons. The highest BCUT2D eigenvalue weighted by molar-refractivity contribution is 5.96. The summed E-state index contributed by atoms with van der Waals surface area (Å²) in [5.41, 5.74) is 3.41. The first-order valence-corrected chi connectivity index (χ1v) is 14.6. The molecule has 1 aliphatic heterocycles. The van der Waals surface area contributed by atoms with Gasteiger partial charge in [0.25, 0.3) is 5.91 Å². The number of hydrogen-bond donors (Lipinski definition) is 3. The molecule has 2 atom stereocenters. The lowest BCUT2D eigenvalue weighted by atomic mass is 9.72. The van der Waals surface area contributed by atoms with Gasteiger partial charge in [-0.1, -0.05) is 32.9 Å². The standard InChI is InChI=1S/C32H34F2N6O4/c1-17-12-18(8-11-21(17)30(41)37-20-9-10-20)24-15-36-29-23(35-14-19-16-39(31(42)43)28(19)32(2,3)4)13-26(38-40(24)29)44-25-7-5-6-22(33)27(25)34/h5-8,11-13,15,19-20,28,35H,9-10,14,16H2,1-4H3,(H,37,41)(H,42,43). The molecule has 2 aliphatic rings. The third-order valence-corrected chi connectivity index (χ3v) is 8.16. The van der Waals surface area contributed by atoms with Crippen LogP contribution < -0.4 is 15.4 Å². The maximum Gasteiger partial charge on any atom is 0.407 e. The second-order valence-electron chi connectivity index (χ2n) is 12.6. The van der Waals surface area contributed by atoms with Crippen LogP contribution in [-0.2, 0) is 0 Å². The van der Waals surface area contributed by atoms with Crippen LogP contribution in [0, 0.1) is 29.9 Å². The van der Waals surface area contributed by atoms with E-state index >= 15 is 0 Å². The zero-order valence-corrected chi connectivity index (χ0v) is 24.9. The summed E-state index contributed by atoms with van der Waals surface area (Å²) in [5.74, 6) is -2.60. The molecule has 0 radical (unpaired) electrons. The molecule has 6 rings (SSSR count). The number of amides is 2. The van der Waals surface area contributed by atoms with E-state index in [1.165, 1.54) is 17.0 Å². The Kier molecular flexibility index (Phi) is 7.38. The largest absolute Gasteiger partial charge is 0.465 e. The number of carboxylic acid groups (broad SMARTS) is 1. The zero-order chi connectivity index (χ0) is 31.3. The van der Waals surface area contributed by atoms with Crippen LogP contribution in [0.1, 0.15) is 49.5 Å². The van der Waals surface area contributed by atoms with E-state index in [0.29, 0.717) is 35.7 Å². The number of carbonyl (C=O) groups excluding carboxylic acids is 1. The fraction of sp³-hybridized carbons (Fsp3) is 0.375. The molecule has 0 bridgehead atoms. The first kappa shape index (κ1) is 29.3. The number of anilines is 1. The van der Waals surface area contributed by atoms with Gasteiger partial charge in [0, 0.05) is 48.3 Å². The summed E-state index contributed by atoms with van der Waals surface area (Å²) < 4.78 is 35.8. The normalized spacial score (nSPS) is 18.2. The van der Waals surface area contributed by atoms with Gasteiger partial charge in [-0.25, -0.2) is 18.7 Å². The Bertz CT molecular complexity index is 1760. The van der Waals surface area contributed by atoms with E-state index < -0.39 is 17.7 Å². The first-order chi connectivity index (χ1) is 20.9. The quantitative estimate of drug-likeness (QED) is 0.222. The molecule has 2 aromatic heterocycles. The Morgan fingerprint density at radius 1 is 1.14 bits per heavy atom. The van der Waals surface area contributed by atoms with Crippen LogP contribution in [0.25, 0.3) is 16.9 Å². The van der Waals surface area contributed by atoms with Gasteiger partial charge in [0.2, 0.25) is 11.7 Å². The smallest absolute Gasteiger partial charge is 0.407 e. The summed E-state index contributed by atoms with van der Waals surface area (Å²) in [7, 11) is 0. The highest BCUT2D eigenvalue weighted by Crippen LogP contribution is 2.39. The molecule has 12 heteroatoms. The highest BCUT2D eigenvalue weighted by atomic mass is 19.2. The van der Waals surface area contributed by atoms with Crippen molar-refractivity contribution in [3.05, 3.63) is 71.4 Å². The molecular formula is C32H34F2N6O4. The van der Waals surface area contributed by atoms with Crippen LogP contribution >= 0.6 is 0 Å². The van der Waals surface area contributed by atoms with Crippen LogP contribution in [0.4, 0.5) is 19.3 Å². The topological polar surface area (TPSA) is 121 Å². The Hall–Kier alpha value is -4.74. The van der Waals surface area contributed by atoms with E-state index in [2.05, 4.69) is 20.7 Å². The number of halogens is 2. The molecule has 1 aliphatic carbocycles. The summed E-state index contributed by atoms with van der Waals surface area (Å²) in [4.78, 5) is 30.5. The maximum absolute atomic E-state index is 14.5. The predicted molar refractivity (Wildman–Crippen MR) is 160 cm³/mol. The summed E-state index contributed by atoms with van der Waals surface area (Å²) >= 11 is 0. The number of nitrogens with one attached hydrogen (secondary N) is 2. The zero-order valence-electron chi connectivity index (χ0n) is 24.9. The lowest BCUT2D eigenvalue weighted by Gasteiger charge is -2.53. The molecule has 2 fully saturated rings. The van der Waals surface area contributed by atoms with Gasteiger partial charge in [-0.2, -0.15) is 4.39 Å². The van der Waals surface area contributed by atoms with Gasteiger partial charge in [0.1, 0.15) is 0 Å². The van der Waals surface area contributed by atoms with E-state index in [1.807, 2.05) is 39.8 Å². The van der Waals surface area contributed by atoms with Crippen molar-refractivity contribution in [1.82, 2.24) is 24.8 Å². The second-order valence-corrected chi connectivity index (χ2v) is 12.6. The van der Waals surface area contributed by atoms with Gasteiger partial charge >= 0.3 is 6.09 Å². The van der Waals surface area contributed by atoms with Gasteiger partial charge < -0.3 is 25.4 Å². The van der Waals surface area contributed by atoms with Crippen LogP contribution in [0.2, 0.25) is 0 Å². The molecule has 1 saturated heterocycles. The molecule has 0 spiro atoms. The van der Waals surface area contributed by atoms with Crippen molar-refractivity contribution in [2.24, 2.45) is 11.3 Å². The van der Waals surface area contributed by atoms with E-state index in [4.69, 9.17) is 4.74 Å². The minimum atomic E-state index is -1.14. The number of rotatable bonds is 8. The van der Waals surface area contributed by atoms with Gasteiger partial charge in [-0.05, 0) is 55.0 Å². The van der Waals surface area contributed by atoms with Crippen LogP contribution in [-0.4, -0.2) is 61.8 Å². The minimum absolute atomic E-state index is 0.00551. The Morgan fingerprint density at radius 2 is 1.91 bits per heavy atom. The van der Waals surface area contributed by atoms with Crippen molar-refractivity contribution in [2.45, 2.75) is 52.6 Å². The lowest BCUT2D eigenvalue weighted by molar-refractivity contribution is -0.0288. The number of ether oxygens (including phenoxy) is 1. The van der Waals surface area contributed by atoms with Crippen molar-refractivity contribution in [1.29, 1.82) is 0 Å². The van der Waals surface area contributed by atoms with Crippen molar-refractivity contribution in [2.75, 3.05) is 18.4 Å². The lowest BCUT2D eigenvalue weighted by Crippen LogP contribution is -2.65. The fourth-order valence-electron chi connectivity index (χ4n) is 5.94. The van der Waals surface area contributed by atoms with E-state index in [0.717, 1.165) is 30.0 Å². The van der Waals surface area contributed by atoms with Crippen molar-refractivity contribution < 1.29 is 28.2 Å². The number of hydrogen-bond acceptors (Lipinski definition) is 6. The van der Waals surface area contributed by atoms with Gasteiger partial charge in [-0.3, -0.25) is 4.79 Å². The number of aromatic nitrogens is 3. The summed E-state index contributed by atoms with van der Waals surface area (Å²) in [6, 6.07) is 10.7. The average molecular weight is 605 g/mol. The highest BCUT2D eigenvalue weighted by Gasteiger charge is 2.48. The molecule has 3 heterocycles. The van der Waals surface area contributed by atoms with Crippen molar-refractivity contribution in [3.8, 4) is 22.9 Å². The monoisotopic (exact) mass is 604 g/mol. The minimum Gasteiger partial charge on any atom is -0.465 e. The molecule has 4 aromatic rings. The van der Waals surface area contributed by atoms with E-state index in [1.54, 1.807) is 22.8 Å². The molecule has 2 unspecified atom stereocenters. The molecule has 10 nitrogen and oxygen atoms in total. The molecule has 3 N–H and O–H groups in total. The fourth-order valence-corrected chi connectivity index (χ4v) is 5.94. The third kappa shape index (κ3) is 5.63. The second kappa shape index (κ2) is 11.1. The number of benzene rings is 2. The predicted octanol–water partition coefficient (Wildman–Crippen LogP) is 6.10. The summed E-state index contributed by atoms with van der Waals surface area (Å²) in [6.45, 7) is 8.70. The van der Waals surface area contributed by atoms with Crippen LogP contribution in [0.15, 0.2) is 48.7 Å². The van der Waals surface area contributed by atoms with E-state index in [-0.39, 0.29) is 41.0 Å². The van der Waals surface area contributed by atoms with Gasteiger partial charge in [0.05, 0.1) is 17.6 Å². The molecule has 1 saturated carbocycles. The number of imidazole rings is 1. The Morgan fingerprint density at radius 3 is 2.59 bits per heavy atom. The third-order valence-electron chi connectivity index (χ3n) is 8.16.